The fourth-order valence-electron chi connectivity index (χ4n) is 2.55. The minimum absolute atomic E-state index is 0.247. The fourth-order valence-corrected chi connectivity index (χ4v) is 3.39. The Balaban J connectivity index is 1.72. The van der Waals surface area contributed by atoms with Crippen molar-refractivity contribution in [3.05, 3.63) is 70.1 Å². The van der Waals surface area contributed by atoms with E-state index in [0.717, 1.165) is 28.5 Å². The number of thioether (sulfide) groups is 1. The normalized spacial score (nSPS) is 15.4. The predicted molar refractivity (Wildman–Crippen MR) is 102 cm³/mol. The summed E-state index contributed by atoms with van der Waals surface area (Å²) >= 11 is 0.910. The molecule has 7 heteroatoms. The number of hydrogen-bond donors (Lipinski definition) is 1. The van der Waals surface area contributed by atoms with Gasteiger partial charge in [-0.3, -0.25) is 14.5 Å². The van der Waals surface area contributed by atoms with Crippen molar-refractivity contribution in [2.75, 3.05) is 6.61 Å². The van der Waals surface area contributed by atoms with Crippen molar-refractivity contribution in [3.63, 3.8) is 0 Å². The van der Waals surface area contributed by atoms with Crippen LogP contribution in [0.25, 0.3) is 6.08 Å². The van der Waals surface area contributed by atoms with Crippen LogP contribution in [0.4, 0.5) is 4.79 Å². The maximum Gasteiger partial charge on any atom is 0.341 e. The van der Waals surface area contributed by atoms with Gasteiger partial charge in [-0.1, -0.05) is 36.4 Å². The van der Waals surface area contributed by atoms with Gasteiger partial charge in [0.1, 0.15) is 5.75 Å². The van der Waals surface area contributed by atoms with E-state index in [0.29, 0.717) is 10.7 Å². The van der Waals surface area contributed by atoms with E-state index in [1.54, 1.807) is 30.3 Å². The van der Waals surface area contributed by atoms with E-state index >= 15 is 0 Å². The lowest BCUT2D eigenvalue weighted by Crippen LogP contribution is -2.27. The topological polar surface area (TPSA) is 83.9 Å². The zero-order valence-electron chi connectivity index (χ0n) is 14.5. The molecular formula is C20H17NO5S. The van der Waals surface area contributed by atoms with Gasteiger partial charge in [0, 0.05) is 0 Å². The molecule has 0 aromatic heterocycles. The third-order valence-electron chi connectivity index (χ3n) is 4.00. The Hall–Kier alpha value is -3.06. The maximum atomic E-state index is 12.6. The van der Waals surface area contributed by atoms with Crippen molar-refractivity contribution in [3.8, 4) is 5.75 Å². The Morgan fingerprint density at radius 1 is 1.15 bits per heavy atom. The number of ether oxygens (including phenoxy) is 1. The number of carboxylic acid groups (broad SMARTS) is 1. The lowest BCUT2D eigenvalue weighted by Gasteiger charge is -2.14. The molecule has 0 aliphatic carbocycles. The monoisotopic (exact) mass is 383 g/mol. The van der Waals surface area contributed by atoms with Gasteiger partial charge < -0.3 is 9.84 Å². The van der Waals surface area contributed by atoms with Gasteiger partial charge in [-0.15, -0.1) is 0 Å². The van der Waals surface area contributed by atoms with Gasteiger partial charge in [0.25, 0.3) is 11.1 Å². The molecule has 138 valence electrons. The molecule has 6 nitrogen and oxygen atoms in total. The molecule has 1 N–H and O–H groups in total. The largest absolute Gasteiger partial charge is 0.482 e. The number of carbonyl (C=O) groups excluding carboxylic acids is 2. The van der Waals surface area contributed by atoms with Crippen molar-refractivity contribution in [2.45, 2.75) is 13.5 Å². The summed E-state index contributed by atoms with van der Waals surface area (Å²) in [6, 6.07) is 14.3. The molecule has 2 aromatic rings. The molecule has 1 heterocycles. The molecule has 0 atom stereocenters. The number of benzene rings is 2. The molecule has 0 spiro atoms. The van der Waals surface area contributed by atoms with Gasteiger partial charge in [0.05, 0.1) is 11.4 Å². The second-order valence-electron chi connectivity index (χ2n) is 5.95. The summed E-state index contributed by atoms with van der Waals surface area (Å²) in [5.41, 5.74) is 2.68. The molecule has 1 fully saturated rings. The van der Waals surface area contributed by atoms with Crippen LogP contribution in [0.15, 0.2) is 53.4 Å². The standard InChI is InChI=1S/C20H17NO5S/c1-13-4-2-3-5-15(13)11-21-19(24)17(27-20(21)25)10-14-6-8-16(9-7-14)26-12-18(22)23/h2-10H,11-12H2,1H3,(H,22,23)/b17-10-. The Kier molecular flexibility index (Phi) is 5.61. The van der Waals surface area contributed by atoms with E-state index in [-0.39, 0.29) is 17.7 Å². The summed E-state index contributed by atoms with van der Waals surface area (Å²) in [5.74, 6) is -0.955. The van der Waals surface area contributed by atoms with Crippen molar-refractivity contribution >= 4 is 35.0 Å². The van der Waals surface area contributed by atoms with Crippen LogP contribution in [-0.2, 0) is 16.1 Å². The highest BCUT2D eigenvalue weighted by Gasteiger charge is 2.35. The number of amides is 2. The number of nitrogens with zero attached hydrogens (tertiary/aromatic N) is 1. The first-order chi connectivity index (χ1) is 12.9. The van der Waals surface area contributed by atoms with Crippen LogP contribution in [0.2, 0.25) is 0 Å². The predicted octanol–water partition coefficient (Wildman–Crippen LogP) is 3.69. The average molecular weight is 383 g/mol. The van der Waals surface area contributed by atoms with Crippen molar-refractivity contribution < 1.29 is 24.2 Å². The molecule has 27 heavy (non-hydrogen) atoms. The molecule has 3 rings (SSSR count). The molecule has 0 saturated carbocycles. The SMILES string of the molecule is Cc1ccccc1CN1C(=O)S/C(=C\c2ccc(OCC(=O)O)cc2)C1=O. The smallest absolute Gasteiger partial charge is 0.341 e. The van der Waals surface area contributed by atoms with E-state index in [9.17, 15) is 14.4 Å². The van der Waals surface area contributed by atoms with Crippen LogP contribution in [0.1, 0.15) is 16.7 Å². The zero-order chi connectivity index (χ0) is 19.4. The molecule has 0 bridgehead atoms. The van der Waals surface area contributed by atoms with Gasteiger partial charge in [0.15, 0.2) is 6.61 Å². The number of aryl methyl sites for hydroxylation is 1. The summed E-state index contributed by atoms with van der Waals surface area (Å²) in [4.78, 5) is 37.0. The van der Waals surface area contributed by atoms with Crippen LogP contribution < -0.4 is 4.74 Å². The van der Waals surface area contributed by atoms with Crippen LogP contribution in [-0.4, -0.2) is 33.7 Å². The van der Waals surface area contributed by atoms with E-state index in [1.807, 2.05) is 31.2 Å². The van der Waals surface area contributed by atoms with E-state index in [1.165, 1.54) is 4.90 Å². The van der Waals surface area contributed by atoms with Gasteiger partial charge in [-0.25, -0.2) is 4.79 Å². The molecule has 2 amide bonds. The molecule has 0 radical (unpaired) electrons. The number of carboxylic acids is 1. The summed E-state index contributed by atoms with van der Waals surface area (Å²) in [6.07, 6.45) is 1.64. The van der Waals surface area contributed by atoms with Crippen LogP contribution in [0, 0.1) is 6.92 Å². The average Bonchev–Trinajstić information content (AvgIpc) is 2.90. The summed E-state index contributed by atoms with van der Waals surface area (Å²) in [6.45, 7) is 1.77. The molecule has 2 aromatic carbocycles. The van der Waals surface area contributed by atoms with Crippen molar-refractivity contribution in [1.82, 2.24) is 4.90 Å². The zero-order valence-corrected chi connectivity index (χ0v) is 15.4. The van der Waals surface area contributed by atoms with Crippen LogP contribution in [0.5, 0.6) is 5.75 Å². The lowest BCUT2D eigenvalue weighted by molar-refractivity contribution is -0.139. The van der Waals surface area contributed by atoms with Gasteiger partial charge in [0.2, 0.25) is 0 Å². The number of carbonyl (C=O) groups is 3. The van der Waals surface area contributed by atoms with Crippen molar-refractivity contribution in [2.24, 2.45) is 0 Å². The highest BCUT2D eigenvalue weighted by Crippen LogP contribution is 2.33. The number of hydrogen-bond acceptors (Lipinski definition) is 5. The summed E-state index contributed by atoms with van der Waals surface area (Å²) < 4.78 is 5.07. The highest BCUT2D eigenvalue weighted by atomic mass is 32.2. The van der Waals surface area contributed by atoms with Crippen molar-refractivity contribution in [1.29, 1.82) is 0 Å². The fraction of sp³-hybridized carbons (Fsp3) is 0.150. The first kappa shape index (κ1) is 18.7. The lowest BCUT2D eigenvalue weighted by atomic mass is 10.1. The minimum Gasteiger partial charge on any atom is -0.482 e. The van der Waals surface area contributed by atoms with Gasteiger partial charge in [-0.2, -0.15) is 0 Å². The molecular weight excluding hydrogens is 366 g/mol. The quantitative estimate of drug-likeness (QED) is 0.766. The Labute approximate surface area is 160 Å². The number of rotatable bonds is 6. The Morgan fingerprint density at radius 3 is 2.52 bits per heavy atom. The van der Waals surface area contributed by atoms with Crippen LogP contribution >= 0.6 is 11.8 Å². The summed E-state index contributed by atoms with van der Waals surface area (Å²) in [5, 5.41) is 8.31. The van der Waals surface area contributed by atoms with E-state index < -0.39 is 12.6 Å². The van der Waals surface area contributed by atoms with E-state index in [4.69, 9.17) is 9.84 Å². The second-order valence-corrected chi connectivity index (χ2v) is 6.94. The van der Waals surface area contributed by atoms with Gasteiger partial charge in [-0.05, 0) is 53.6 Å². The molecule has 1 aliphatic rings. The molecule has 0 unspecified atom stereocenters. The first-order valence-corrected chi connectivity index (χ1v) is 9.00. The first-order valence-electron chi connectivity index (χ1n) is 8.18. The molecule has 1 aliphatic heterocycles. The maximum absolute atomic E-state index is 12.6. The molecule has 1 saturated heterocycles. The highest BCUT2D eigenvalue weighted by molar-refractivity contribution is 8.18. The second kappa shape index (κ2) is 8.09. The Bertz CT molecular complexity index is 920. The number of imide groups is 1. The minimum atomic E-state index is -1.05. The van der Waals surface area contributed by atoms with E-state index in [2.05, 4.69) is 0 Å². The summed E-state index contributed by atoms with van der Waals surface area (Å²) in [7, 11) is 0. The third kappa shape index (κ3) is 4.57. The Morgan fingerprint density at radius 2 is 1.85 bits per heavy atom. The van der Waals surface area contributed by atoms with Gasteiger partial charge >= 0.3 is 5.97 Å². The third-order valence-corrected chi connectivity index (χ3v) is 4.91. The van der Waals surface area contributed by atoms with Crippen LogP contribution in [0.3, 0.4) is 0 Å². The number of aliphatic carboxylic acids is 1.